The minimum absolute atomic E-state index is 0.363. The molecule has 2 rings (SSSR count). The van der Waals surface area contributed by atoms with Crippen molar-refractivity contribution in [2.24, 2.45) is 0 Å². The van der Waals surface area contributed by atoms with Gasteiger partial charge in [-0.1, -0.05) is 0 Å². The van der Waals surface area contributed by atoms with Gasteiger partial charge in [-0.15, -0.1) is 0 Å². The third-order valence-corrected chi connectivity index (χ3v) is 5.44. The molecular formula is C11H21IN2. The van der Waals surface area contributed by atoms with Crippen molar-refractivity contribution in [1.82, 2.24) is 8.01 Å². The van der Waals surface area contributed by atoms with Crippen molar-refractivity contribution < 1.29 is 0 Å². The van der Waals surface area contributed by atoms with Gasteiger partial charge in [0.1, 0.15) is 0 Å². The van der Waals surface area contributed by atoms with Gasteiger partial charge in [-0.3, -0.25) is 4.90 Å². The van der Waals surface area contributed by atoms with Crippen LogP contribution in [0, 0.1) is 0 Å². The highest BCUT2D eigenvalue weighted by Crippen LogP contribution is 2.43. The molecule has 3 heteroatoms. The first-order valence-electron chi connectivity index (χ1n) is 5.63. The quantitative estimate of drug-likeness (QED) is 0.501. The monoisotopic (exact) mass is 308 g/mol. The highest BCUT2D eigenvalue weighted by atomic mass is 127. The second-order valence-corrected chi connectivity index (χ2v) is 6.88. The standard InChI is InChI=1S/C11H21IN2/c1-10(2,3)13-7-4-11(5-8-13)6-9-14(11)12/h4-9H2,1-3H3. The maximum Gasteiger partial charge on any atom is 0.0342 e. The van der Waals surface area contributed by atoms with Crippen LogP contribution in [0.2, 0.25) is 0 Å². The molecule has 0 radical (unpaired) electrons. The molecule has 0 aliphatic carbocycles. The molecule has 2 heterocycles. The van der Waals surface area contributed by atoms with E-state index in [1.54, 1.807) is 0 Å². The summed E-state index contributed by atoms with van der Waals surface area (Å²) in [7, 11) is 0. The summed E-state index contributed by atoms with van der Waals surface area (Å²) in [5, 5.41) is 0. The van der Waals surface area contributed by atoms with Crippen LogP contribution in [0.1, 0.15) is 40.0 Å². The topological polar surface area (TPSA) is 6.48 Å². The summed E-state index contributed by atoms with van der Waals surface area (Å²) in [6.45, 7) is 10.8. The molecule has 0 unspecified atom stereocenters. The van der Waals surface area contributed by atoms with Crippen molar-refractivity contribution in [3.05, 3.63) is 0 Å². The first-order chi connectivity index (χ1) is 6.44. The Morgan fingerprint density at radius 3 is 1.79 bits per heavy atom. The van der Waals surface area contributed by atoms with Gasteiger partial charge in [0.25, 0.3) is 0 Å². The van der Waals surface area contributed by atoms with Crippen LogP contribution in [-0.4, -0.2) is 38.7 Å². The van der Waals surface area contributed by atoms with Crippen LogP contribution in [-0.2, 0) is 0 Å². The number of rotatable bonds is 0. The van der Waals surface area contributed by atoms with Gasteiger partial charge in [-0.25, -0.2) is 3.11 Å². The molecule has 0 amide bonds. The molecule has 82 valence electrons. The van der Waals surface area contributed by atoms with E-state index >= 15 is 0 Å². The normalized spacial score (nSPS) is 29.1. The van der Waals surface area contributed by atoms with Crippen molar-refractivity contribution in [3.8, 4) is 0 Å². The van der Waals surface area contributed by atoms with Gasteiger partial charge in [-0.2, -0.15) is 0 Å². The van der Waals surface area contributed by atoms with Gasteiger partial charge in [0.2, 0.25) is 0 Å². The Bertz CT molecular complexity index is 214. The van der Waals surface area contributed by atoms with Crippen molar-refractivity contribution >= 4 is 22.9 Å². The minimum Gasteiger partial charge on any atom is -0.298 e. The van der Waals surface area contributed by atoms with Gasteiger partial charge in [0.15, 0.2) is 0 Å². The molecule has 0 bridgehead atoms. The van der Waals surface area contributed by atoms with Crippen LogP contribution in [0.3, 0.4) is 0 Å². The summed E-state index contributed by atoms with van der Waals surface area (Å²) in [6.07, 6.45) is 4.16. The van der Waals surface area contributed by atoms with E-state index < -0.39 is 0 Å². The van der Waals surface area contributed by atoms with E-state index in [9.17, 15) is 0 Å². The van der Waals surface area contributed by atoms with Crippen molar-refractivity contribution in [1.29, 1.82) is 0 Å². The predicted molar refractivity (Wildman–Crippen MR) is 68.6 cm³/mol. The van der Waals surface area contributed by atoms with E-state index in [-0.39, 0.29) is 0 Å². The minimum atomic E-state index is 0.363. The molecule has 1 spiro atoms. The molecule has 0 aromatic carbocycles. The summed E-state index contributed by atoms with van der Waals surface area (Å²) in [4.78, 5) is 2.63. The number of halogens is 1. The largest absolute Gasteiger partial charge is 0.298 e. The number of hydrogen-bond donors (Lipinski definition) is 0. The Balaban J connectivity index is 1.92. The second kappa shape index (κ2) is 3.59. The molecule has 0 saturated carbocycles. The Hall–Kier alpha value is 0.650. The van der Waals surface area contributed by atoms with E-state index in [4.69, 9.17) is 0 Å². The number of piperidine rings is 1. The van der Waals surface area contributed by atoms with Crippen LogP contribution in [0.4, 0.5) is 0 Å². The fraction of sp³-hybridized carbons (Fsp3) is 1.00. The van der Waals surface area contributed by atoms with Crippen LogP contribution in [0.25, 0.3) is 0 Å². The highest BCUT2D eigenvalue weighted by molar-refractivity contribution is 14.1. The molecule has 2 fully saturated rings. The first kappa shape index (κ1) is 11.1. The zero-order valence-corrected chi connectivity index (χ0v) is 11.7. The summed E-state index contributed by atoms with van der Waals surface area (Å²) in [6, 6.07) is 0. The predicted octanol–water partition coefficient (Wildman–Crippen LogP) is 2.68. The first-order valence-corrected chi connectivity index (χ1v) is 6.59. The van der Waals surface area contributed by atoms with Crippen LogP contribution >= 0.6 is 22.9 Å². The van der Waals surface area contributed by atoms with Gasteiger partial charge in [-0.05, 0) is 40.0 Å². The maximum atomic E-state index is 2.63. The summed E-state index contributed by atoms with van der Waals surface area (Å²) in [5.41, 5.74) is 0.948. The van der Waals surface area contributed by atoms with E-state index in [1.165, 1.54) is 38.9 Å². The third-order valence-electron chi connectivity index (χ3n) is 3.93. The Labute approximate surface area is 102 Å². The summed E-state index contributed by atoms with van der Waals surface area (Å²) < 4.78 is 2.53. The van der Waals surface area contributed by atoms with Crippen molar-refractivity contribution in [3.63, 3.8) is 0 Å². The number of hydrogen-bond acceptors (Lipinski definition) is 2. The SMILES string of the molecule is CC(C)(C)N1CCC2(CC1)CCN2I. The maximum absolute atomic E-state index is 2.63. The lowest BCUT2D eigenvalue weighted by atomic mass is 9.78. The van der Waals surface area contributed by atoms with Crippen LogP contribution < -0.4 is 0 Å². The fourth-order valence-corrected chi connectivity index (χ4v) is 3.56. The molecule has 2 nitrogen and oxygen atoms in total. The van der Waals surface area contributed by atoms with E-state index in [1.807, 2.05) is 0 Å². The number of nitrogens with zero attached hydrogens (tertiary/aromatic N) is 2. The zero-order chi connectivity index (χ0) is 10.4. The molecular weight excluding hydrogens is 287 g/mol. The van der Waals surface area contributed by atoms with E-state index in [0.29, 0.717) is 11.1 Å². The van der Waals surface area contributed by atoms with E-state index in [2.05, 4.69) is 51.6 Å². The lowest BCUT2D eigenvalue weighted by Crippen LogP contribution is -2.61. The lowest BCUT2D eigenvalue weighted by Gasteiger charge is -2.55. The highest BCUT2D eigenvalue weighted by Gasteiger charge is 2.46. The van der Waals surface area contributed by atoms with Crippen LogP contribution in [0.15, 0.2) is 0 Å². The van der Waals surface area contributed by atoms with Crippen molar-refractivity contribution in [2.75, 3.05) is 19.6 Å². The van der Waals surface area contributed by atoms with E-state index in [0.717, 1.165) is 0 Å². The molecule has 2 aliphatic rings. The lowest BCUT2D eigenvalue weighted by molar-refractivity contribution is -0.00427. The molecule has 14 heavy (non-hydrogen) atoms. The van der Waals surface area contributed by atoms with Crippen molar-refractivity contribution in [2.45, 2.75) is 51.1 Å². The van der Waals surface area contributed by atoms with Gasteiger partial charge >= 0.3 is 0 Å². The molecule has 2 saturated heterocycles. The summed E-state index contributed by atoms with van der Waals surface area (Å²) >= 11 is 2.51. The average molecular weight is 308 g/mol. The molecule has 0 aromatic rings. The molecule has 2 aliphatic heterocycles. The summed E-state index contributed by atoms with van der Waals surface area (Å²) in [5.74, 6) is 0. The van der Waals surface area contributed by atoms with Crippen LogP contribution in [0.5, 0.6) is 0 Å². The molecule has 0 N–H and O–H groups in total. The smallest absolute Gasteiger partial charge is 0.0342 e. The third kappa shape index (κ3) is 1.83. The second-order valence-electron chi connectivity index (χ2n) is 5.72. The van der Waals surface area contributed by atoms with Gasteiger partial charge in [0.05, 0.1) is 0 Å². The molecule has 0 aromatic heterocycles. The molecule has 0 atom stereocenters. The van der Waals surface area contributed by atoms with Gasteiger partial charge < -0.3 is 0 Å². The number of likely N-dealkylation sites (tertiary alicyclic amines) is 1. The Kier molecular flexibility index (Phi) is 2.86. The fourth-order valence-electron chi connectivity index (χ4n) is 2.60. The Morgan fingerprint density at radius 1 is 1.00 bits per heavy atom. The Morgan fingerprint density at radius 2 is 1.50 bits per heavy atom. The van der Waals surface area contributed by atoms with Gasteiger partial charge in [0, 0.05) is 53.6 Å². The zero-order valence-electron chi connectivity index (χ0n) is 9.52. The average Bonchev–Trinajstić information content (AvgIpc) is 2.14.